The molecule has 0 bridgehead atoms. The second kappa shape index (κ2) is 9.29. The standard InChI is InChI=1S/C22H28O2/c1-4-5-7-12-21(17(2)23)22(18-10-8-6-9-11-18)19-13-15-20(24-3)16-14-19/h6,8-11,13-17,23H,4-5,7,12H2,1-3H3/b22-21-. The predicted octanol–water partition coefficient (Wildman–Crippen LogP) is 5.46. The third-order valence-electron chi connectivity index (χ3n) is 4.32. The van der Waals surface area contributed by atoms with E-state index < -0.39 is 6.10 Å². The Balaban J connectivity index is 2.52. The van der Waals surface area contributed by atoms with Gasteiger partial charge in [0.25, 0.3) is 0 Å². The molecule has 0 amide bonds. The van der Waals surface area contributed by atoms with Crippen LogP contribution < -0.4 is 4.74 Å². The largest absolute Gasteiger partial charge is 0.497 e. The van der Waals surface area contributed by atoms with E-state index in [0.717, 1.165) is 40.9 Å². The van der Waals surface area contributed by atoms with Crippen molar-refractivity contribution in [1.29, 1.82) is 0 Å². The van der Waals surface area contributed by atoms with Gasteiger partial charge in [0.15, 0.2) is 0 Å². The van der Waals surface area contributed by atoms with Gasteiger partial charge in [0.05, 0.1) is 13.2 Å². The summed E-state index contributed by atoms with van der Waals surface area (Å²) in [6, 6.07) is 18.4. The highest BCUT2D eigenvalue weighted by Crippen LogP contribution is 2.32. The number of rotatable bonds is 8. The summed E-state index contributed by atoms with van der Waals surface area (Å²) in [5, 5.41) is 10.4. The van der Waals surface area contributed by atoms with Gasteiger partial charge in [-0.05, 0) is 54.2 Å². The first-order valence-electron chi connectivity index (χ1n) is 8.78. The maximum absolute atomic E-state index is 10.4. The summed E-state index contributed by atoms with van der Waals surface area (Å²) in [4.78, 5) is 0. The van der Waals surface area contributed by atoms with E-state index in [-0.39, 0.29) is 0 Å². The molecule has 0 saturated carbocycles. The van der Waals surface area contributed by atoms with Crippen LogP contribution in [0.15, 0.2) is 60.2 Å². The zero-order valence-corrected chi connectivity index (χ0v) is 15.0. The highest BCUT2D eigenvalue weighted by Gasteiger charge is 2.15. The maximum Gasteiger partial charge on any atom is 0.118 e. The lowest BCUT2D eigenvalue weighted by molar-refractivity contribution is 0.227. The van der Waals surface area contributed by atoms with E-state index in [1.807, 2.05) is 37.3 Å². The van der Waals surface area contributed by atoms with Crippen molar-refractivity contribution in [3.8, 4) is 5.75 Å². The van der Waals surface area contributed by atoms with Crippen LogP contribution in [0.3, 0.4) is 0 Å². The fourth-order valence-electron chi connectivity index (χ4n) is 3.01. The van der Waals surface area contributed by atoms with Gasteiger partial charge in [-0.15, -0.1) is 0 Å². The molecule has 2 aromatic carbocycles. The lowest BCUT2D eigenvalue weighted by Gasteiger charge is -2.19. The molecule has 0 aliphatic heterocycles. The molecule has 128 valence electrons. The SMILES string of the molecule is CCCCC/C(=C(\c1ccccc1)c1ccc(OC)cc1)C(C)O. The molecule has 1 atom stereocenters. The normalized spacial score (nSPS) is 13.3. The van der Waals surface area contributed by atoms with Gasteiger partial charge in [-0.3, -0.25) is 0 Å². The van der Waals surface area contributed by atoms with Gasteiger partial charge in [-0.1, -0.05) is 62.2 Å². The molecule has 0 aliphatic rings. The second-order valence-corrected chi connectivity index (χ2v) is 6.13. The van der Waals surface area contributed by atoms with Crippen LogP contribution in [0.1, 0.15) is 50.7 Å². The zero-order valence-electron chi connectivity index (χ0n) is 15.0. The van der Waals surface area contributed by atoms with Crippen molar-refractivity contribution in [2.75, 3.05) is 7.11 Å². The number of aliphatic hydroxyl groups excluding tert-OH is 1. The van der Waals surface area contributed by atoms with Crippen molar-refractivity contribution in [3.63, 3.8) is 0 Å². The van der Waals surface area contributed by atoms with Crippen LogP contribution in [0.2, 0.25) is 0 Å². The van der Waals surface area contributed by atoms with Gasteiger partial charge in [-0.2, -0.15) is 0 Å². The number of hydrogen-bond acceptors (Lipinski definition) is 2. The summed E-state index contributed by atoms with van der Waals surface area (Å²) in [7, 11) is 1.68. The first-order chi connectivity index (χ1) is 11.7. The van der Waals surface area contributed by atoms with Crippen LogP contribution in [-0.4, -0.2) is 18.3 Å². The average Bonchev–Trinajstić information content (AvgIpc) is 2.62. The first-order valence-corrected chi connectivity index (χ1v) is 8.78. The molecule has 2 rings (SSSR count). The Morgan fingerprint density at radius 3 is 2.12 bits per heavy atom. The number of benzene rings is 2. The summed E-state index contributed by atoms with van der Waals surface area (Å²) in [6.45, 7) is 4.07. The molecule has 1 unspecified atom stereocenters. The highest BCUT2D eigenvalue weighted by atomic mass is 16.5. The molecule has 0 radical (unpaired) electrons. The zero-order chi connectivity index (χ0) is 17.4. The molecular weight excluding hydrogens is 296 g/mol. The summed E-state index contributed by atoms with van der Waals surface area (Å²) >= 11 is 0. The van der Waals surface area contributed by atoms with Crippen molar-refractivity contribution in [3.05, 3.63) is 71.3 Å². The van der Waals surface area contributed by atoms with Gasteiger partial charge in [0.2, 0.25) is 0 Å². The van der Waals surface area contributed by atoms with Crippen molar-refractivity contribution in [2.24, 2.45) is 0 Å². The van der Waals surface area contributed by atoms with E-state index in [1.165, 1.54) is 12.8 Å². The Kier molecular flexibility index (Phi) is 7.07. The fourth-order valence-corrected chi connectivity index (χ4v) is 3.01. The number of hydrogen-bond donors (Lipinski definition) is 1. The van der Waals surface area contributed by atoms with Crippen LogP contribution >= 0.6 is 0 Å². The predicted molar refractivity (Wildman–Crippen MR) is 101 cm³/mol. The van der Waals surface area contributed by atoms with Crippen LogP contribution in [0, 0.1) is 0 Å². The Labute approximate surface area is 145 Å². The van der Waals surface area contributed by atoms with Gasteiger partial charge >= 0.3 is 0 Å². The van der Waals surface area contributed by atoms with E-state index in [9.17, 15) is 5.11 Å². The fraction of sp³-hybridized carbons (Fsp3) is 0.364. The van der Waals surface area contributed by atoms with Gasteiger partial charge in [-0.25, -0.2) is 0 Å². The number of aliphatic hydroxyl groups is 1. The average molecular weight is 324 g/mol. The van der Waals surface area contributed by atoms with E-state index >= 15 is 0 Å². The molecule has 0 aromatic heterocycles. The van der Waals surface area contributed by atoms with E-state index in [2.05, 4.69) is 31.2 Å². The number of methoxy groups -OCH3 is 1. The highest BCUT2D eigenvalue weighted by molar-refractivity contribution is 5.82. The summed E-state index contributed by atoms with van der Waals surface area (Å²) in [5.41, 5.74) is 4.52. The third-order valence-corrected chi connectivity index (χ3v) is 4.32. The Hall–Kier alpha value is -2.06. The molecule has 2 heteroatoms. The molecule has 1 N–H and O–H groups in total. The van der Waals surface area contributed by atoms with Gasteiger partial charge < -0.3 is 9.84 Å². The lowest BCUT2D eigenvalue weighted by atomic mass is 9.88. The van der Waals surface area contributed by atoms with Crippen LogP contribution in [0.4, 0.5) is 0 Å². The number of ether oxygens (including phenoxy) is 1. The second-order valence-electron chi connectivity index (χ2n) is 6.13. The minimum Gasteiger partial charge on any atom is -0.497 e. The van der Waals surface area contributed by atoms with Crippen molar-refractivity contribution < 1.29 is 9.84 Å². The van der Waals surface area contributed by atoms with Gasteiger partial charge in [0.1, 0.15) is 5.75 Å². The van der Waals surface area contributed by atoms with Crippen molar-refractivity contribution in [2.45, 2.75) is 45.6 Å². The van der Waals surface area contributed by atoms with Gasteiger partial charge in [0, 0.05) is 0 Å². The molecular formula is C22H28O2. The summed E-state index contributed by atoms with van der Waals surface area (Å²) in [6.07, 6.45) is 3.92. The summed E-state index contributed by atoms with van der Waals surface area (Å²) in [5.74, 6) is 0.843. The molecule has 2 nitrogen and oxygen atoms in total. The van der Waals surface area contributed by atoms with Crippen LogP contribution in [0.25, 0.3) is 5.57 Å². The maximum atomic E-state index is 10.4. The monoisotopic (exact) mass is 324 g/mol. The minimum atomic E-state index is -0.459. The molecule has 0 fully saturated rings. The quantitative estimate of drug-likeness (QED) is 0.653. The van der Waals surface area contributed by atoms with Crippen LogP contribution in [-0.2, 0) is 0 Å². The lowest BCUT2D eigenvalue weighted by Crippen LogP contribution is -2.09. The summed E-state index contributed by atoms with van der Waals surface area (Å²) < 4.78 is 5.28. The molecule has 0 aliphatic carbocycles. The van der Waals surface area contributed by atoms with Crippen molar-refractivity contribution >= 4 is 5.57 Å². The Bertz CT molecular complexity index is 639. The molecule has 0 spiro atoms. The smallest absolute Gasteiger partial charge is 0.118 e. The molecule has 0 saturated heterocycles. The first kappa shape index (κ1) is 18.3. The molecule has 24 heavy (non-hydrogen) atoms. The van der Waals surface area contributed by atoms with E-state index in [1.54, 1.807) is 7.11 Å². The van der Waals surface area contributed by atoms with E-state index in [4.69, 9.17) is 4.74 Å². The topological polar surface area (TPSA) is 29.5 Å². The molecule has 2 aromatic rings. The third kappa shape index (κ3) is 4.72. The molecule has 0 heterocycles. The minimum absolute atomic E-state index is 0.459. The van der Waals surface area contributed by atoms with E-state index in [0.29, 0.717) is 0 Å². The van der Waals surface area contributed by atoms with Crippen molar-refractivity contribution in [1.82, 2.24) is 0 Å². The number of unbranched alkanes of at least 4 members (excludes halogenated alkanes) is 2. The Morgan fingerprint density at radius 2 is 1.58 bits per heavy atom. The Morgan fingerprint density at radius 1 is 0.958 bits per heavy atom. The van der Waals surface area contributed by atoms with Crippen LogP contribution in [0.5, 0.6) is 5.75 Å².